The average Bonchev–Trinajstić information content (AvgIpc) is 2.34. The highest BCUT2D eigenvalue weighted by Gasteiger charge is 2.24. The van der Waals surface area contributed by atoms with Crippen LogP contribution in [-0.2, 0) is 4.79 Å². The molecule has 0 radical (unpaired) electrons. The molecule has 2 unspecified atom stereocenters. The summed E-state index contributed by atoms with van der Waals surface area (Å²) in [5, 5.41) is 3.07. The van der Waals surface area contributed by atoms with Gasteiger partial charge in [0.25, 0.3) is 0 Å². The van der Waals surface area contributed by atoms with Crippen LogP contribution in [0.4, 0.5) is 0 Å². The molecule has 1 rings (SSSR count). The number of carbonyl (C=O) groups is 1. The minimum Gasteiger partial charge on any atom is -0.356 e. The van der Waals surface area contributed by atoms with Crippen LogP contribution in [0.15, 0.2) is 0 Å². The molecule has 0 saturated heterocycles. The molecule has 1 aliphatic rings. The molecule has 1 aliphatic carbocycles. The van der Waals surface area contributed by atoms with E-state index in [1.54, 1.807) is 0 Å². The molecule has 0 bridgehead atoms. The van der Waals surface area contributed by atoms with Crippen molar-refractivity contribution >= 4 is 17.5 Å². The van der Waals surface area contributed by atoms with Crippen LogP contribution in [0.2, 0.25) is 0 Å². The maximum atomic E-state index is 11.6. The zero-order valence-electron chi connectivity index (χ0n) is 11.2. The Balaban J connectivity index is 2.21. The lowest BCUT2D eigenvalue weighted by Gasteiger charge is -2.30. The van der Waals surface area contributed by atoms with E-state index in [-0.39, 0.29) is 5.91 Å². The molecule has 1 saturated carbocycles. The van der Waals surface area contributed by atoms with Crippen molar-refractivity contribution in [3.05, 3.63) is 0 Å². The molecule has 2 atom stereocenters. The molecular weight excluding hydrogens is 234 g/mol. The lowest BCUT2D eigenvalue weighted by molar-refractivity contribution is -0.121. The van der Waals surface area contributed by atoms with Gasteiger partial charge in [0, 0.05) is 18.8 Å². The van der Waals surface area contributed by atoms with E-state index < -0.39 is 0 Å². The van der Waals surface area contributed by atoms with Gasteiger partial charge in [-0.3, -0.25) is 4.79 Å². The second-order valence-corrected chi connectivity index (χ2v) is 6.00. The summed E-state index contributed by atoms with van der Waals surface area (Å²) in [6, 6.07) is 0. The summed E-state index contributed by atoms with van der Waals surface area (Å²) in [5.41, 5.74) is 0. The second-order valence-electron chi connectivity index (χ2n) is 5.70. The largest absolute Gasteiger partial charge is 0.356 e. The average molecular weight is 260 g/mol. The third kappa shape index (κ3) is 5.76. The van der Waals surface area contributed by atoms with Crippen LogP contribution in [0.25, 0.3) is 0 Å². The number of amides is 1. The molecule has 0 heterocycles. The molecule has 0 aromatic heterocycles. The first kappa shape index (κ1) is 14.8. The van der Waals surface area contributed by atoms with Crippen molar-refractivity contribution in [1.82, 2.24) is 5.32 Å². The number of alkyl halides is 1. The Morgan fingerprint density at radius 3 is 2.53 bits per heavy atom. The molecule has 100 valence electrons. The highest BCUT2D eigenvalue weighted by Crippen LogP contribution is 2.30. The van der Waals surface area contributed by atoms with Crippen LogP contribution in [0.3, 0.4) is 0 Å². The molecule has 0 aliphatic heterocycles. The second kappa shape index (κ2) is 7.97. The minimum absolute atomic E-state index is 0.206. The fraction of sp³-hybridized carbons (Fsp3) is 0.929. The summed E-state index contributed by atoms with van der Waals surface area (Å²) in [6.07, 6.45) is 6.69. The number of rotatable bonds is 6. The number of hydrogen-bond donors (Lipinski definition) is 1. The maximum absolute atomic E-state index is 11.6. The maximum Gasteiger partial charge on any atom is 0.220 e. The van der Waals surface area contributed by atoms with Crippen molar-refractivity contribution in [3.8, 4) is 0 Å². The SMILES string of the molecule is CC(C)CCC(=O)NCC1CCCCC1CCl. The van der Waals surface area contributed by atoms with Gasteiger partial charge in [0.05, 0.1) is 0 Å². The summed E-state index contributed by atoms with van der Waals surface area (Å²) in [5.74, 6) is 2.76. The first-order chi connectivity index (χ1) is 8.13. The lowest BCUT2D eigenvalue weighted by atomic mass is 9.80. The Morgan fingerprint density at radius 2 is 1.94 bits per heavy atom. The molecule has 17 heavy (non-hydrogen) atoms. The summed E-state index contributed by atoms with van der Waals surface area (Å²) < 4.78 is 0. The van der Waals surface area contributed by atoms with E-state index in [9.17, 15) is 4.79 Å². The summed E-state index contributed by atoms with van der Waals surface area (Å²) in [6.45, 7) is 5.13. The summed E-state index contributed by atoms with van der Waals surface area (Å²) in [7, 11) is 0. The number of halogens is 1. The van der Waals surface area contributed by atoms with E-state index >= 15 is 0 Å². The van der Waals surface area contributed by atoms with Crippen LogP contribution in [0, 0.1) is 17.8 Å². The fourth-order valence-electron chi connectivity index (χ4n) is 2.51. The quantitative estimate of drug-likeness (QED) is 0.726. The van der Waals surface area contributed by atoms with Crippen molar-refractivity contribution < 1.29 is 4.79 Å². The van der Waals surface area contributed by atoms with Crippen molar-refractivity contribution in [1.29, 1.82) is 0 Å². The summed E-state index contributed by atoms with van der Waals surface area (Å²) >= 11 is 5.98. The fourth-order valence-corrected chi connectivity index (χ4v) is 2.92. The van der Waals surface area contributed by atoms with Gasteiger partial charge in [-0.1, -0.05) is 26.7 Å². The van der Waals surface area contributed by atoms with Crippen LogP contribution < -0.4 is 5.32 Å². The topological polar surface area (TPSA) is 29.1 Å². The molecule has 1 N–H and O–H groups in total. The number of carbonyl (C=O) groups excluding carboxylic acids is 1. The Hall–Kier alpha value is -0.240. The van der Waals surface area contributed by atoms with E-state index in [1.807, 2.05) is 0 Å². The highest BCUT2D eigenvalue weighted by atomic mass is 35.5. The van der Waals surface area contributed by atoms with E-state index in [1.165, 1.54) is 25.7 Å². The standard InChI is InChI=1S/C14H26ClNO/c1-11(2)7-8-14(17)16-10-13-6-4-3-5-12(13)9-15/h11-13H,3-10H2,1-2H3,(H,16,17). The van der Waals surface area contributed by atoms with Crippen LogP contribution >= 0.6 is 11.6 Å². The van der Waals surface area contributed by atoms with Gasteiger partial charge in [0.1, 0.15) is 0 Å². The van der Waals surface area contributed by atoms with Crippen LogP contribution in [0.1, 0.15) is 52.4 Å². The molecule has 1 fully saturated rings. The number of hydrogen-bond acceptors (Lipinski definition) is 1. The van der Waals surface area contributed by atoms with Gasteiger partial charge >= 0.3 is 0 Å². The Kier molecular flexibility index (Phi) is 6.94. The molecule has 0 aromatic rings. The first-order valence-electron chi connectivity index (χ1n) is 6.96. The van der Waals surface area contributed by atoms with Crippen LogP contribution in [-0.4, -0.2) is 18.3 Å². The predicted molar refractivity (Wildman–Crippen MR) is 73.2 cm³/mol. The smallest absolute Gasteiger partial charge is 0.220 e. The molecule has 0 spiro atoms. The van der Waals surface area contributed by atoms with Crippen molar-refractivity contribution in [3.63, 3.8) is 0 Å². The van der Waals surface area contributed by atoms with Gasteiger partial charge in [-0.15, -0.1) is 11.6 Å². The van der Waals surface area contributed by atoms with E-state index in [2.05, 4.69) is 19.2 Å². The lowest BCUT2D eigenvalue weighted by Crippen LogP contribution is -2.34. The Morgan fingerprint density at radius 1 is 1.29 bits per heavy atom. The summed E-state index contributed by atoms with van der Waals surface area (Å²) in [4.78, 5) is 11.6. The third-order valence-corrected chi connectivity index (χ3v) is 4.17. The first-order valence-corrected chi connectivity index (χ1v) is 7.49. The molecule has 2 nitrogen and oxygen atoms in total. The van der Waals surface area contributed by atoms with Gasteiger partial charge in [-0.2, -0.15) is 0 Å². The van der Waals surface area contributed by atoms with Crippen LogP contribution in [0.5, 0.6) is 0 Å². The Bertz CT molecular complexity index is 230. The van der Waals surface area contributed by atoms with E-state index in [4.69, 9.17) is 11.6 Å². The third-order valence-electron chi connectivity index (χ3n) is 3.77. The monoisotopic (exact) mass is 259 g/mol. The zero-order valence-corrected chi connectivity index (χ0v) is 11.9. The minimum atomic E-state index is 0.206. The van der Waals surface area contributed by atoms with Crippen molar-refractivity contribution in [2.45, 2.75) is 52.4 Å². The van der Waals surface area contributed by atoms with E-state index in [0.29, 0.717) is 24.2 Å². The molecule has 0 aromatic carbocycles. The highest BCUT2D eigenvalue weighted by molar-refractivity contribution is 6.18. The van der Waals surface area contributed by atoms with Crippen molar-refractivity contribution in [2.24, 2.45) is 17.8 Å². The van der Waals surface area contributed by atoms with Gasteiger partial charge in [-0.05, 0) is 37.0 Å². The van der Waals surface area contributed by atoms with Crippen molar-refractivity contribution in [2.75, 3.05) is 12.4 Å². The van der Waals surface area contributed by atoms with Gasteiger partial charge in [0.15, 0.2) is 0 Å². The zero-order chi connectivity index (χ0) is 12.7. The van der Waals surface area contributed by atoms with Gasteiger partial charge < -0.3 is 5.32 Å². The Labute approximate surface area is 110 Å². The normalized spacial score (nSPS) is 24.9. The number of nitrogens with one attached hydrogen (secondary N) is 1. The molecular formula is C14H26ClNO. The molecule has 3 heteroatoms. The van der Waals surface area contributed by atoms with E-state index in [0.717, 1.165) is 18.8 Å². The van der Waals surface area contributed by atoms with Gasteiger partial charge in [-0.25, -0.2) is 0 Å². The predicted octanol–water partition coefficient (Wildman–Crippen LogP) is 3.58. The van der Waals surface area contributed by atoms with Gasteiger partial charge in [0.2, 0.25) is 5.91 Å². The molecule has 1 amide bonds.